The minimum absolute atomic E-state index is 0.378. The lowest BCUT2D eigenvalue weighted by Gasteiger charge is -2.17. The highest BCUT2D eigenvalue weighted by Crippen LogP contribution is 2.40. The van der Waals surface area contributed by atoms with Gasteiger partial charge in [0.05, 0.1) is 41.2 Å². The van der Waals surface area contributed by atoms with Gasteiger partial charge in [-0.15, -0.1) is 0 Å². The largest absolute Gasteiger partial charge is 0.497 e. The van der Waals surface area contributed by atoms with Gasteiger partial charge >= 0.3 is 0 Å². The maximum atomic E-state index is 5.39. The zero-order chi connectivity index (χ0) is 19.1. The minimum Gasteiger partial charge on any atom is -0.497 e. The van der Waals surface area contributed by atoms with Crippen molar-refractivity contribution in [2.75, 3.05) is 46.2 Å². The van der Waals surface area contributed by atoms with E-state index in [9.17, 15) is 0 Å². The van der Waals surface area contributed by atoms with Gasteiger partial charge < -0.3 is 34.3 Å². The zero-order valence-corrected chi connectivity index (χ0v) is 16.2. The first-order chi connectivity index (χ1) is 12.6. The Kier molecular flexibility index (Phi) is 6.74. The van der Waals surface area contributed by atoms with Crippen molar-refractivity contribution in [2.24, 2.45) is 0 Å². The molecule has 0 spiro atoms. The highest BCUT2D eigenvalue weighted by Gasteiger charge is 2.14. The van der Waals surface area contributed by atoms with E-state index in [-0.39, 0.29) is 0 Å². The van der Waals surface area contributed by atoms with Crippen LogP contribution in [0.5, 0.6) is 28.7 Å². The first kappa shape index (κ1) is 19.5. The fourth-order valence-corrected chi connectivity index (χ4v) is 2.57. The molecule has 0 saturated carbocycles. The van der Waals surface area contributed by atoms with Crippen LogP contribution in [-0.2, 0) is 0 Å². The van der Waals surface area contributed by atoms with Gasteiger partial charge in [-0.1, -0.05) is 0 Å². The van der Waals surface area contributed by atoms with Crippen LogP contribution < -0.4 is 34.3 Å². The van der Waals surface area contributed by atoms with Gasteiger partial charge in [-0.25, -0.2) is 0 Å². The molecule has 0 heterocycles. The number of hydrogen-bond acceptors (Lipinski definition) is 6. The number of ether oxygens (including phenoxy) is 5. The fraction of sp³-hybridized carbons (Fsp3) is 0.278. The second kappa shape index (κ2) is 9.00. The number of thiocarbonyl (C=S) groups is 1. The third-order valence-electron chi connectivity index (χ3n) is 3.58. The van der Waals surface area contributed by atoms with Crippen LogP contribution in [0.3, 0.4) is 0 Å². The summed E-state index contributed by atoms with van der Waals surface area (Å²) in [5.74, 6) is 2.86. The van der Waals surface area contributed by atoms with Crippen LogP contribution in [0.2, 0.25) is 0 Å². The Morgan fingerprint density at radius 1 is 0.731 bits per heavy atom. The van der Waals surface area contributed by atoms with Crippen LogP contribution in [0, 0.1) is 0 Å². The molecule has 0 aromatic heterocycles. The number of nitrogens with one attached hydrogen (secondary N) is 2. The summed E-state index contributed by atoms with van der Waals surface area (Å²) in [5.41, 5.74) is 1.39. The summed E-state index contributed by atoms with van der Waals surface area (Å²) < 4.78 is 26.5. The van der Waals surface area contributed by atoms with Gasteiger partial charge in [0.25, 0.3) is 0 Å². The third kappa shape index (κ3) is 4.40. The minimum atomic E-state index is 0.378. The van der Waals surface area contributed by atoms with Crippen LogP contribution in [-0.4, -0.2) is 40.7 Å². The molecule has 0 radical (unpaired) electrons. The van der Waals surface area contributed by atoms with Crippen LogP contribution in [0.4, 0.5) is 11.4 Å². The van der Waals surface area contributed by atoms with Crippen molar-refractivity contribution >= 4 is 28.7 Å². The normalized spacial score (nSPS) is 9.88. The van der Waals surface area contributed by atoms with E-state index >= 15 is 0 Å². The molecule has 2 rings (SSSR count). The molecule has 0 bridgehead atoms. The Morgan fingerprint density at radius 3 is 1.85 bits per heavy atom. The molecule has 2 N–H and O–H groups in total. The molecule has 8 heteroatoms. The van der Waals surface area contributed by atoms with Crippen molar-refractivity contribution in [3.8, 4) is 28.7 Å². The molecule has 0 fully saturated rings. The van der Waals surface area contributed by atoms with E-state index in [1.165, 1.54) is 0 Å². The summed E-state index contributed by atoms with van der Waals surface area (Å²) in [4.78, 5) is 0. The maximum Gasteiger partial charge on any atom is 0.203 e. The van der Waals surface area contributed by atoms with Gasteiger partial charge in [0.1, 0.15) is 11.5 Å². The van der Waals surface area contributed by atoms with Crippen molar-refractivity contribution in [1.82, 2.24) is 0 Å². The molecule has 2 aromatic carbocycles. The number of rotatable bonds is 7. The molecule has 0 amide bonds. The van der Waals surface area contributed by atoms with Crippen LogP contribution in [0.25, 0.3) is 0 Å². The van der Waals surface area contributed by atoms with Gasteiger partial charge in [0.2, 0.25) is 5.75 Å². The first-order valence-electron chi connectivity index (χ1n) is 7.66. The monoisotopic (exact) mass is 378 g/mol. The van der Waals surface area contributed by atoms with E-state index < -0.39 is 0 Å². The van der Waals surface area contributed by atoms with Crippen LogP contribution >= 0.6 is 12.2 Å². The SMILES string of the molecule is COc1ccc(NC(=S)Nc2cc(OC)c(OC)c(OC)c2)c(OC)c1. The Bertz CT molecular complexity index is 757. The highest BCUT2D eigenvalue weighted by atomic mass is 32.1. The molecule has 0 aliphatic rings. The van der Waals surface area contributed by atoms with E-state index in [4.69, 9.17) is 35.9 Å². The number of hydrogen-bond donors (Lipinski definition) is 2. The number of methoxy groups -OCH3 is 5. The smallest absolute Gasteiger partial charge is 0.203 e. The molecule has 0 atom stereocenters. The van der Waals surface area contributed by atoms with E-state index in [2.05, 4.69) is 10.6 Å². The summed E-state index contributed by atoms with van der Waals surface area (Å²) in [6.45, 7) is 0. The predicted octanol–water partition coefficient (Wildman–Crippen LogP) is 3.54. The van der Waals surface area contributed by atoms with Gasteiger partial charge in [0, 0.05) is 23.9 Å². The molecule has 0 saturated heterocycles. The summed E-state index contributed by atoms with van der Waals surface area (Å²) in [6.07, 6.45) is 0. The second-order valence-electron chi connectivity index (χ2n) is 5.06. The predicted molar refractivity (Wildman–Crippen MR) is 105 cm³/mol. The molecule has 0 aliphatic carbocycles. The molecular formula is C18H22N2O5S. The lowest BCUT2D eigenvalue weighted by atomic mass is 10.2. The molecule has 26 heavy (non-hydrogen) atoms. The summed E-state index contributed by atoms with van der Waals surface area (Å²) in [5, 5.41) is 6.56. The number of benzene rings is 2. The summed E-state index contributed by atoms with van der Waals surface area (Å²) in [6, 6.07) is 8.93. The molecule has 0 aliphatic heterocycles. The standard InChI is InChI=1S/C18H22N2O5S/c1-21-12-6-7-13(14(10-12)22-2)20-18(26)19-11-8-15(23-3)17(25-5)16(9-11)24-4/h6-10H,1-5H3,(H2,19,20,26). The van der Waals surface area contributed by atoms with Crippen molar-refractivity contribution in [2.45, 2.75) is 0 Å². The van der Waals surface area contributed by atoms with Gasteiger partial charge in [-0.3, -0.25) is 0 Å². The van der Waals surface area contributed by atoms with Crippen LogP contribution in [0.15, 0.2) is 30.3 Å². The quantitative estimate of drug-likeness (QED) is 0.709. The zero-order valence-electron chi connectivity index (χ0n) is 15.3. The van der Waals surface area contributed by atoms with Crippen molar-refractivity contribution in [1.29, 1.82) is 0 Å². The summed E-state index contributed by atoms with van der Waals surface area (Å²) >= 11 is 5.39. The van der Waals surface area contributed by atoms with Gasteiger partial charge in [-0.05, 0) is 24.4 Å². The molecule has 2 aromatic rings. The van der Waals surface area contributed by atoms with E-state index in [1.807, 2.05) is 12.1 Å². The molecular weight excluding hydrogens is 356 g/mol. The van der Waals surface area contributed by atoms with Crippen LogP contribution in [0.1, 0.15) is 0 Å². The average molecular weight is 378 g/mol. The Balaban J connectivity index is 2.20. The van der Waals surface area contributed by atoms with Gasteiger partial charge in [-0.2, -0.15) is 0 Å². The lowest BCUT2D eigenvalue weighted by Crippen LogP contribution is -2.19. The van der Waals surface area contributed by atoms with Crippen molar-refractivity contribution in [3.05, 3.63) is 30.3 Å². The topological polar surface area (TPSA) is 70.2 Å². The molecule has 7 nitrogen and oxygen atoms in total. The summed E-state index contributed by atoms with van der Waals surface area (Å²) in [7, 11) is 7.84. The van der Waals surface area contributed by atoms with E-state index in [1.54, 1.807) is 53.7 Å². The Labute approximate surface area is 158 Å². The second-order valence-corrected chi connectivity index (χ2v) is 5.47. The maximum absolute atomic E-state index is 5.39. The van der Waals surface area contributed by atoms with E-state index in [0.29, 0.717) is 45.2 Å². The Morgan fingerprint density at radius 2 is 1.35 bits per heavy atom. The van der Waals surface area contributed by atoms with E-state index in [0.717, 1.165) is 0 Å². The first-order valence-corrected chi connectivity index (χ1v) is 8.07. The Hall–Kier alpha value is -2.87. The van der Waals surface area contributed by atoms with Gasteiger partial charge in [0.15, 0.2) is 16.6 Å². The highest BCUT2D eigenvalue weighted by molar-refractivity contribution is 7.80. The average Bonchev–Trinajstić information content (AvgIpc) is 2.67. The van der Waals surface area contributed by atoms with Crippen molar-refractivity contribution < 1.29 is 23.7 Å². The lowest BCUT2D eigenvalue weighted by molar-refractivity contribution is 0.324. The molecule has 0 unspecified atom stereocenters. The third-order valence-corrected chi connectivity index (χ3v) is 3.78. The van der Waals surface area contributed by atoms with Crippen molar-refractivity contribution in [3.63, 3.8) is 0 Å². The molecule has 140 valence electrons. The number of anilines is 2. The fourth-order valence-electron chi connectivity index (χ4n) is 2.34.